The average Bonchev–Trinajstić information content (AvgIpc) is 2.32. The standard InChI is InChI=1S/C8H12BrNOS/c1-4-6(9)3-12-8(4)7(10)5(2)11/h3,5,7,11H,10H2,1-2H3/t5-,7-/m0/s1. The predicted molar refractivity (Wildman–Crippen MR) is 55.4 cm³/mol. The fourth-order valence-electron chi connectivity index (χ4n) is 0.957. The van der Waals surface area contributed by atoms with Crippen LogP contribution in [0.15, 0.2) is 9.85 Å². The van der Waals surface area contributed by atoms with Crippen LogP contribution in [0, 0.1) is 6.92 Å². The first-order valence-corrected chi connectivity index (χ1v) is 5.38. The van der Waals surface area contributed by atoms with Gasteiger partial charge in [-0.3, -0.25) is 0 Å². The first-order chi connectivity index (χ1) is 5.54. The fraction of sp³-hybridized carbons (Fsp3) is 0.500. The van der Waals surface area contributed by atoms with E-state index < -0.39 is 6.10 Å². The molecule has 0 spiro atoms. The van der Waals surface area contributed by atoms with Gasteiger partial charge in [-0.15, -0.1) is 11.3 Å². The second-order valence-corrected chi connectivity index (χ2v) is 4.60. The van der Waals surface area contributed by atoms with E-state index in [0.29, 0.717) is 0 Å². The van der Waals surface area contributed by atoms with E-state index in [9.17, 15) is 5.11 Å². The molecule has 1 aromatic heterocycles. The van der Waals surface area contributed by atoms with E-state index in [1.165, 1.54) is 0 Å². The third-order valence-corrected chi connectivity index (χ3v) is 4.15. The van der Waals surface area contributed by atoms with Crippen molar-refractivity contribution in [2.45, 2.75) is 26.0 Å². The third-order valence-electron chi connectivity index (χ3n) is 1.84. The van der Waals surface area contributed by atoms with E-state index in [-0.39, 0.29) is 6.04 Å². The van der Waals surface area contributed by atoms with Crippen LogP contribution in [0.25, 0.3) is 0 Å². The van der Waals surface area contributed by atoms with Crippen LogP contribution < -0.4 is 5.73 Å². The molecule has 0 aromatic carbocycles. The van der Waals surface area contributed by atoms with E-state index in [2.05, 4.69) is 15.9 Å². The first-order valence-electron chi connectivity index (χ1n) is 3.71. The predicted octanol–water partition coefficient (Wildman–Crippen LogP) is 2.20. The maximum atomic E-state index is 9.27. The van der Waals surface area contributed by atoms with Gasteiger partial charge < -0.3 is 10.8 Å². The van der Waals surface area contributed by atoms with Gasteiger partial charge in [0.05, 0.1) is 12.1 Å². The largest absolute Gasteiger partial charge is 0.391 e. The lowest BCUT2D eigenvalue weighted by molar-refractivity contribution is 0.165. The first kappa shape index (κ1) is 10.2. The highest BCUT2D eigenvalue weighted by molar-refractivity contribution is 9.10. The number of aliphatic hydroxyl groups is 1. The van der Waals surface area contributed by atoms with Gasteiger partial charge in [-0.25, -0.2) is 0 Å². The molecule has 1 rings (SSSR count). The van der Waals surface area contributed by atoms with Crippen molar-refractivity contribution >= 4 is 27.3 Å². The summed E-state index contributed by atoms with van der Waals surface area (Å²) in [6.45, 7) is 3.70. The Balaban J connectivity index is 2.95. The maximum absolute atomic E-state index is 9.27. The molecule has 0 unspecified atom stereocenters. The molecule has 0 aliphatic carbocycles. The number of halogens is 1. The van der Waals surface area contributed by atoms with Gasteiger partial charge in [0.25, 0.3) is 0 Å². The van der Waals surface area contributed by atoms with Crippen LogP contribution in [0.2, 0.25) is 0 Å². The van der Waals surface area contributed by atoms with E-state index in [1.807, 2.05) is 12.3 Å². The number of hydrogen-bond acceptors (Lipinski definition) is 3. The number of rotatable bonds is 2. The normalized spacial score (nSPS) is 16.1. The number of aliphatic hydroxyl groups excluding tert-OH is 1. The molecule has 12 heavy (non-hydrogen) atoms. The van der Waals surface area contributed by atoms with Gasteiger partial charge in [0.1, 0.15) is 0 Å². The van der Waals surface area contributed by atoms with E-state index >= 15 is 0 Å². The molecular formula is C8H12BrNOS. The van der Waals surface area contributed by atoms with Gasteiger partial charge in [-0.1, -0.05) is 0 Å². The van der Waals surface area contributed by atoms with Crippen LogP contribution in [0.5, 0.6) is 0 Å². The molecule has 0 amide bonds. The molecule has 0 saturated heterocycles. The van der Waals surface area contributed by atoms with Crippen LogP contribution >= 0.6 is 27.3 Å². The van der Waals surface area contributed by atoms with Crippen LogP contribution in [0.1, 0.15) is 23.4 Å². The van der Waals surface area contributed by atoms with Crippen molar-refractivity contribution in [1.29, 1.82) is 0 Å². The summed E-state index contributed by atoms with van der Waals surface area (Å²) in [5.41, 5.74) is 6.92. The van der Waals surface area contributed by atoms with Crippen molar-refractivity contribution in [2.24, 2.45) is 5.73 Å². The highest BCUT2D eigenvalue weighted by Gasteiger charge is 2.17. The Kier molecular flexibility index (Phi) is 3.29. The molecule has 0 aliphatic heterocycles. The summed E-state index contributed by atoms with van der Waals surface area (Å²) in [4.78, 5) is 1.05. The van der Waals surface area contributed by atoms with Crippen molar-refractivity contribution in [2.75, 3.05) is 0 Å². The molecule has 3 N–H and O–H groups in total. The number of thiophene rings is 1. The summed E-state index contributed by atoms with van der Waals surface area (Å²) < 4.78 is 1.07. The molecule has 2 atom stereocenters. The van der Waals surface area contributed by atoms with E-state index in [1.54, 1.807) is 18.3 Å². The Morgan fingerprint density at radius 1 is 1.67 bits per heavy atom. The monoisotopic (exact) mass is 249 g/mol. The molecular weight excluding hydrogens is 238 g/mol. The Labute approximate surface area is 84.5 Å². The summed E-state index contributed by atoms with van der Waals surface area (Å²) in [5, 5.41) is 11.3. The summed E-state index contributed by atoms with van der Waals surface area (Å²) in [7, 11) is 0. The zero-order valence-corrected chi connectivity index (χ0v) is 9.45. The number of nitrogens with two attached hydrogens (primary N) is 1. The minimum Gasteiger partial charge on any atom is -0.391 e. The molecule has 68 valence electrons. The zero-order chi connectivity index (χ0) is 9.30. The minimum absolute atomic E-state index is 0.263. The van der Waals surface area contributed by atoms with Crippen LogP contribution in [0.3, 0.4) is 0 Å². The van der Waals surface area contributed by atoms with Gasteiger partial charge in [-0.2, -0.15) is 0 Å². The SMILES string of the molecule is Cc1c(Br)csc1[C@@H](N)[C@H](C)O. The lowest BCUT2D eigenvalue weighted by Crippen LogP contribution is -2.22. The van der Waals surface area contributed by atoms with Gasteiger partial charge in [-0.05, 0) is 35.3 Å². The molecule has 0 fully saturated rings. The summed E-state index contributed by atoms with van der Waals surface area (Å²) >= 11 is 4.99. The van der Waals surface area contributed by atoms with Gasteiger partial charge in [0.2, 0.25) is 0 Å². The molecule has 0 saturated carbocycles. The smallest absolute Gasteiger partial charge is 0.0712 e. The highest BCUT2D eigenvalue weighted by atomic mass is 79.9. The molecule has 0 aliphatic rings. The maximum Gasteiger partial charge on any atom is 0.0712 e. The topological polar surface area (TPSA) is 46.2 Å². The van der Waals surface area contributed by atoms with E-state index in [0.717, 1.165) is 14.9 Å². The molecule has 4 heteroatoms. The molecule has 1 aromatic rings. The Bertz CT molecular complexity index is 272. The van der Waals surface area contributed by atoms with Crippen molar-refractivity contribution < 1.29 is 5.11 Å². The lowest BCUT2D eigenvalue weighted by Gasteiger charge is -2.13. The van der Waals surface area contributed by atoms with Crippen LogP contribution in [-0.4, -0.2) is 11.2 Å². The Morgan fingerprint density at radius 3 is 2.58 bits per heavy atom. The van der Waals surface area contributed by atoms with Gasteiger partial charge in [0, 0.05) is 14.7 Å². The van der Waals surface area contributed by atoms with Gasteiger partial charge in [0.15, 0.2) is 0 Å². The number of hydrogen-bond donors (Lipinski definition) is 2. The van der Waals surface area contributed by atoms with Crippen molar-refractivity contribution in [3.8, 4) is 0 Å². The second-order valence-electron chi connectivity index (χ2n) is 2.84. The zero-order valence-electron chi connectivity index (χ0n) is 7.04. The third kappa shape index (κ3) is 1.88. The van der Waals surface area contributed by atoms with Crippen molar-refractivity contribution in [3.63, 3.8) is 0 Å². The lowest BCUT2D eigenvalue weighted by atomic mass is 10.1. The van der Waals surface area contributed by atoms with Crippen molar-refractivity contribution in [3.05, 3.63) is 20.3 Å². The summed E-state index contributed by atoms with van der Waals surface area (Å²) in [5.74, 6) is 0. The fourth-order valence-corrected chi connectivity index (χ4v) is 2.63. The van der Waals surface area contributed by atoms with Crippen LogP contribution in [0.4, 0.5) is 0 Å². The van der Waals surface area contributed by atoms with Crippen molar-refractivity contribution in [1.82, 2.24) is 0 Å². The molecule has 2 nitrogen and oxygen atoms in total. The molecule has 1 heterocycles. The van der Waals surface area contributed by atoms with Crippen LogP contribution in [-0.2, 0) is 0 Å². The summed E-state index contributed by atoms with van der Waals surface area (Å²) in [6, 6.07) is -0.263. The average molecular weight is 250 g/mol. The Hall–Kier alpha value is 0.1000. The molecule has 0 bridgehead atoms. The molecule has 0 radical (unpaired) electrons. The summed E-state index contributed by atoms with van der Waals surface area (Å²) in [6.07, 6.45) is -0.491. The Morgan fingerprint density at radius 2 is 2.25 bits per heavy atom. The quantitative estimate of drug-likeness (QED) is 0.845. The van der Waals surface area contributed by atoms with E-state index in [4.69, 9.17) is 5.73 Å². The second kappa shape index (κ2) is 3.87. The van der Waals surface area contributed by atoms with Gasteiger partial charge >= 0.3 is 0 Å². The minimum atomic E-state index is -0.491. The highest BCUT2D eigenvalue weighted by Crippen LogP contribution is 2.31.